The molecule has 0 saturated heterocycles. The van der Waals surface area contributed by atoms with Crippen molar-refractivity contribution in [2.75, 3.05) is 18.1 Å². The van der Waals surface area contributed by atoms with Gasteiger partial charge in [0.05, 0.1) is 4.90 Å². The quantitative estimate of drug-likeness (QED) is 0.380. The molecule has 186 valence electrons. The van der Waals surface area contributed by atoms with Gasteiger partial charge in [-0.1, -0.05) is 0 Å². The van der Waals surface area contributed by atoms with Crippen molar-refractivity contribution in [3.63, 3.8) is 0 Å². The molecule has 0 aliphatic carbocycles. The summed E-state index contributed by atoms with van der Waals surface area (Å²) in [6, 6.07) is 13.8. The number of nitrogens with zero attached hydrogens (tertiary/aromatic N) is 5. The Morgan fingerprint density at radius 1 is 1.14 bits per heavy atom. The minimum Gasteiger partial charge on any atom is -0.475 e. The average molecular weight is 511 g/mol. The fraction of sp³-hybridized carbons (Fsp3) is 0.250. The molecule has 0 saturated carbocycles. The van der Waals surface area contributed by atoms with Gasteiger partial charge in [0, 0.05) is 36.8 Å². The first-order valence-corrected chi connectivity index (χ1v) is 12.7. The van der Waals surface area contributed by atoms with Crippen molar-refractivity contribution in [2.24, 2.45) is 0 Å². The van der Waals surface area contributed by atoms with Gasteiger partial charge in [0.2, 0.25) is 21.8 Å². The topological polar surface area (TPSA) is 119 Å². The predicted molar refractivity (Wildman–Crippen MR) is 130 cm³/mol. The summed E-state index contributed by atoms with van der Waals surface area (Å²) in [5, 5.41) is 12.5. The monoisotopic (exact) mass is 510 g/mol. The Labute approximate surface area is 206 Å². The zero-order chi connectivity index (χ0) is 25.4. The molecule has 2 aromatic carbocycles. The van der Waals surface area contributed by atoms with E-state index in [1.165, 1.54) is 29.6 Å². The summed E-state index contributed by atoms with van der Waals surface area (Å²) in [7, 11) is -3.77. The van der Waals surface area contributed by atoms with Crippen molar-refractivity contribution in [3.05, 3.63) is 66.0 Å². The van der Waals surface area contributed by atoms with Crippen molar-refractivity contribution in [1.82, 2.24) is 24.5 Å². The summed E-state index contributed by atoms with van der Waals surface area (Å²) in [6.07, 6.45) is 0.596. The van der Waals surface area contributed by atoms with Crippen molar-refractivity contribution >= 4 is 27.3 Å². The third kappa shape index (κ3) is 4.52. The summed E-state index contributed by atoms with van der Waals surface area (Å²) >= 11 is 0. The van der Waals surface area contributed by atoms with Crippen LogP contribution in [0.15, 0.2) is 59.5 Å². The molecule has 1 atom stereocenters. The highest BCUT2D eigenvalue weighted by atomic mass is 32.2. The van der Waals surface area contributed by atoms with E-state index < -0.39 is 10.0 Å². The van der Waals surface area contributed by atoms with Crippen LogP contribution in [-0.2, 0) is 21.2 Å². The fourth-order valence-electron chi connectivity index (χ4n) is 4.30. The normalized spacial score (nSPS) is 15.3. The lowest BCUT2D eigenvalue weighted by atomic mass is 10.1. The molecular formula is C24H23FN6O4S. The van der Waals surface area contributed by atoms with Gasteiger partial charge in [0.15, 0.2) is 11.5 Å². The molecule has 1 aliphatic heterocycles. The Balaban J connectivity index is 1.24. The van der Waals surface area contributed by atoms with Crippen LogP contribution in [0.3, 0.4) is 0 Å². The van der Waals surface area contributed by atoms with E-state index in [1.54, 1.807) is 41.3 Å². The Bertz CT molecular complexity index is 1550. The molecule has 1 unspecified atom stereocenters. The highest BCUT2D eigenvalue weighted by Gasteiger charge is 2.30. The van der Waals surface area contributed by atoms with Gasteiger partial charge < -0.3 is 9.64 Å². The Morgan fingerprint density at radius 2 is 1.92 bits per heavy atom. The number of benzene rings is 2. The number of rotatable bonds is 7. The maximum Gasteiger partial charge on any atom is 0.240 e. The smallest absolute Gasteiger partial charge is 0.240 e. The SMILES string of the molecule is CC(=O)N1c2ccc(S(=O)(=O)NCCOc3ccc4nnc(-c5ccc(F)cc5)n4n3)cc2CC1C. The minimum absolute atomic E-state index is 0.0160. The summed E-state index contributed by atoms with van der Waals surface area (Å²) in [5.41, 5.74) is 2.68. The van der Waals surface area contributed by atoms with Crippen molar-refractivity contribution in [2.45, 2.75) is 31.2 Å². The van der Waals surface area contributed by atoms with Crippen LogP contribution in [0.1, 0.15) is 19.4 Å². The van der Waals surface area contributed by atoms with E-state index in [0.29, 0.717) is 23.5 Å². The first-order chi connectivity index (χ1) is 17.2. The molecule has 10 nitrogen and oxygen atoms in total. The Morgan fingerprint density at radius 3 is 2.67 bits per heavy atom. The number of ether oxygens (including phenoxy) is 1. The number of hydrogen-bond acceptors (Lipinski definition) is 7. The van der Waals surface area contributed by atoms with E-state index in [1.807, 2.05) is 6.92 Å². The number of fused-ring (bicyclic) bond motifs is 2. The molecule has 12 heteroatoms. The molecular weight excluding hydrogens is 487 g/mol. The molecule has 1 aliphatic rings. The first kappa shape index (κ1) is 23.8. The molecule has 4 aromatic rings. The van der Waals surface area contributed by atoms with Crippen LogP contribution in [0, 0.1) is 5.82 Å². The molecule has 3 heterocycles. The summed E-state index contributed by atoms with van der Waals surface area (Å²) in [4.78, 5) is 13.7. The lowest BCUT2D eigenvalue weighted by Gasteiger charge is -2.20. The number of anilines is 1. The third-order valence-electron chi connectivity index (χ3n) is 5.90. The number of carbonyl (C=O) groups is 1. The zero-order valence-corrected chi connectivity index (χ0v) is 20.4. The second kappa shape index (κ2) is 9.28. The molecule has 2 aromatic heterocycles. The average Bonchev–Trinajstić information content (AvgIpc) is 3.41. The molecule has 0 radical (unpaired) electrons. The number of sulfonamides is 1. The molecule has 1 N–H and O–H groups in total. The highest BCUT2D eigenvalue weighted by Crippen LogP contribution is 2.33. The second-order valence-electron chi connectivity index (χ2n) is 8.45. The fourth-order valence-corrected chi connectivity index (χ4v) is 5.36. The lowest BCUT2D eigenvalue weighted by molar-refractivity contribution is -0.116. The first-order valence-electron chi connectivity index (χ1n) is 11.3. The molecule has 0 spiro atoms. The van der Waals surface area contributed by atoms with E-state index in [9.17, 15) is 17.6 Å². The van der Waals surface area contributed by atoms with Gasteiger partial charge in [-0.2, -0.15) is 4.52 Å². The van der Waals surface area contributed by atoms with E-state index in [2.05, 4.69) is 20.0 Å². The van der Waals surface area contributed by atoms with Crippen LogP contribution in [0.25, 0.3) is 17.0 Å². The molecule has 5 rings (SSSR count). The van der Waals surface area contributed by atoms with Gasteiger partial charge in [-0.3, -0.25) is 4.79 Å². The van der Waals surface area contributed by atoms with E-state index in [-0.39, 0.29) is 41.7 Å². The van der Waals surface area contributed by atoms with E-state index in [0.717, 1.165) is 11.3 Å². The lowest BCUT2D eigenvalue weighted by Crippen LogP contribution is -2.33. The maximum absolute atomic E-state index is 13.2. The molecule has 1 amide bonds. The van der Waals surface area contributed by atoms with Gasteiger partial charge in [-0.15, -0.1) is 15.3 Å². The predicted octanol–water partition coefficient (Wildman–Crippen LogP) is 2.59. The van der Waals surface area contributed by atoms with Crippen LogP contribution in [0.2, 0.25) is 0 Å². The van der Waals surface area contributed by atoms with E-state index in [4.69, 9.17) is 4.74 Å². The Hall–Kier alpha value is -3.90. The summed E-state index contributed by atoms with van der Waals surface area (Å²) in [6.45, 7) is 3.48. The van der Waals surface area contributed by atoms with Gasteiger partial charge in [0.25, 0.3) is 0 Å². The molecule has 0 bridgehead atoms. The third-order valence-corrected chi connectivity index (χ3v) is 7.36. The summed E-state index contributed by atoms with van der Waals surface area (Å²) < 4.78 is 48.5. The number of nitrogens with one attached hydrogen (secondary N) is 1. The molecule has 36 heavy (non-hydrogen) atoms. The van der Waals surface area contributed by atoms with Crippen LogP contribution in [0.4, 0.5) is 10.1 Å². The van der Waals surface area contributed by atoms with Crippen LogP contribution >= 0.6 is 0 Å². The largest absolute Gasteiger partial charge is 0.475 e. The number of carbonyl (C=O) groups excluding carboxylic acids is 1. The number of hydrogen-bond donors (Lipinski definition) is 1. The number of amides is 1. The van der Waals surface area contributed by atoms with Gasteiger partial charge in [-0.05, 0) is 67.4 Å². The standard InChI is InChI=1S/C24H23FN6O4S/c1-15-13-18-14-20(7-8-21(18)30(15)16(2)32)36(33,34)26-11-12-35-23-10-9-22-27-28-24(31(22)29-23)17-3-5-19(25)6-4-17/h3-10,14-15,26H,11-13H2,1-2H3. The minimum atomic E-state index is -3.77. The van der Waals surface area contributed by atoms with Gasteiger partial charge >= 0.3 is 0 Å². The van der Waals surface area contributed by atoms with Crippen LogP contribution in [-0.4, -0.2) is 53.3 Å². The van der Waals surface area contributed by atoms with Crippen molar-refractivity contribution in [1.29, 1.82) is 0 Å². The zero-order valence-electron chi connectivity index (χ0n) is 19.6. The maximum atomic E-state index is 13.2. The van der Waals surface area contributed by atoms with Crippen LogP contribution in [0.5, 0.6) is 5.88 Å². The number of aromatic nitrogens is 4. The van der Waals surface area contributed by atoms with E-state index >= 15 is 0 Å². The van der Waals surface area contributed by atoms with Gasteiger partial charge in [-0.25, -0.2) is 17.5 Å². The number of halogens is 1. The van der Waals surface area contributed by atoms with Crippen molar-refractivity contribution in [3.8, 4) is 17.3 Å². The van der Waals surface area contributed by atoms with Gasteiger partial charge in [0.1, 0.15) is 12.4 Å². The summed E-state index contributed by atoms with van der Waals surface area (Å²) in [5.74, 6) is 0.237. The highest BCUT2D eigenvalue weighted by molar-refractivity contribution is 7.89. The Kier molecular flexibility index (Phi) is 6.14. The van der Waals surface area contributed by atoms with Crippen LogP contribution < -0.4 is 14.4 Å². The second-order valence-corrected chi connectivity index (χ2v) is 10.2. The van der Waals surface area contributed by atoms with Crippen molar-refractivity contribution < 1.29 is 22.3 Å². The molecule has 0 fully saturated rings.